The first-order valence-electron chi connectivity index (χ1n) is 5.76. The molecule has 2 rings (SSSR count). The fraction of sp³-hybridized carbons (Fsp3) is 0.917. The topological polar surface area (TPSA) is 44.0 Å². The summed E-state index contributed by atoms with van der Waals surface area (Å²) in [6, 6.07) is 2.44. The molecule has 0 amide bonds. The van der Waals surface area contributed by atoms with Crippen LogP contribution in [0.25, 0.3) is 0 Å². The molecule has 2 atom stereocenters. The van der Waals surface area contributed by atoms with Crippen molar-refractivity contribution in [2.45, 2.75) is 57.5 Å². The maximum absolute atomic E-state index is 10.5. The van der Waals surface area contributed by atoms with Gasteiger partial charge in [0, 0.05) is 0 Å². The highest BCUT2D eigenvalue weighted by Gasteiger charge is 2.54. The van der Waals surface area contributed by atoms with E-state index in [4.69, 9.17) is 0 Å². The van der Waals surface area contributed by atoms with E-state index >= 15 is 0 Å². The van der Waals surface area contributed by atoms with Gasteiger partial charge >= 0.3 is 0 Å². The summed E-state index contributed by atoms with van der Waals surface area (Å²) in [6.45, 7) is 2.19. The largest absolute Gasteiger partial charge is 0.388 e. The second-order valence-electron chi connectivity index (χ2n) is 5.28. The Morgan fingerprint density at radius 1 is 1.29 bits per heavy atom. The Bertz CT molecular complexity index is 262. The van der Waals surface area contributed by atoms with Crippen molar-refractivity contribution in [3.63, 3.8) is 0 Å². The van der Waals surface area contributed by atoms with Crippen molar-refractivity contribution in [1.82, 2.24) is 0 Å². The second-order valence-corrected chi connectivity index (χ2v) is 5.28. The minimum atomic E-state index is -0.660. The normalized spacial score (nSPS) is 41.1. The Morgan fingerprint density at radius 3 is 2.36 bits per heavy atom. The van der Waals surface area contributed by atoms with Gasteiger partial charge < -0.3 is 5.11 Å². The number of nitrogens with zero attached hydrogens (tertiary/aromatic N) is 1. The van der Waals surface area contributed by atoms with Crippen molar-refractivity contribution in [1.29, 1.82) is 5.26 Å². The molecule has 0 spiro atoms. The Kier molecular flexibility index (Phi) is 2.31. The quantitative estimate of drug-likeness (QED) is 0.695. The van der Waals surface area contributed by atoms with Crippen molar-refractivity contribution in [3.8, 4) is 6.07 Å². The fourth-order valence-corrected chi connectivity index (χ4v) is 3.36. The maximum atomic E-state index is 10.5. The average Bonchev–Trinajstić information content (AvgIpc) is 2.74. The molecule has 0 saturated heterocycles. The lowest BCUT2D eigenvalue weighted by Gasteiger charge is -2.37. The molecular weight excluding hydrogens is 174 g/mol. The smallest absolute Gasteiger partial charge is 0.0862 e. The van der Waals surface area contributed by atoms with Crippen molar-refractivity contribution < 1.29 is 5.11 Å². The van der Waals surface area contributed by atoms with Crippen LogP contribution < -0.4 is 0 Å². The molecule has 2 unspecified atom stereocenters. The lowest BCUT2D eigenvalue weighted by Crippen LogP contribution is -2.43. The Hall–Kier alpha value is -0.550. The summed E-state index contributed by atoms with van der Waals surface area (Å²) >= 11 is 0. The first kappa shape index (κ1) is 9.98. The zero-order valence-corrected chi connectivity index (χ0v) is 8.92. The van der Waals surface area contributed by atoms with E-state index in [-0.39, 0.29) is 0 Å². The van der Waals surface area contributed by atoms with Gasteiger partial charge in [-0.25, -0.2) is 0 Å². The summed E-state index contributed by atoms with van der Waals surface area (Å²) in [6.07, 6.45) is 6.78. The number of rotatable bonds is 1. The first-order chi connectivity index (χ1) is 6.62. The molecule has 14 heavy (non-hydrogen) atoms. The van der Waals surface area contributed by atoms with Crippen LogP contribution in [0.4, 0.5) is 0 Å². The third-order valence-electron chi connectivity index (χ3n) is 4.30. The van der Waals surface area contributed by atoms with Crippen LogP contribution in [0.1, 0.15) is 51.9 Å². The molecule has 2 aliphatic rings. The standard InChI is InChI=1S/C12H19NO/c1-10-4-7-11(8-10,9-13)12(14)5-2-3-6-12/h10,14H,2-8H2,1H3. The molecule has 0 aliphatic heterocycles. The van der Waals surface area contributed by atoms with E-state index in [1.54, 1.807) is 0 Å². The van der Waals surface area contributed by atoms with Crippen molar-refractivity contribution in [2.24, 2.45) is 11.3 Å². The molecule has 0 aromatic rings. The van der Waals surface area contributed by atoms with E-state index in [0.717, 1.165) is 44.9 Å². The van der Waals surface area contributed by atoms with Gasteiger partial charge in [-0.3, -0.25) is 0 Å². The number of hydrogen-bond donors (Lipinski definition) is 1. The predicted molar refractivity (Wildman–Crippen MR) is 54.5 cm³/mol. The number of hydrogen-bond acceptors (Lipinski definition) is 2. The Labute approximate surface area is 85.9 Å². The van der Waals surface area contributed by atoms with Gasteiger partial charge in [0.1, 0.15) is 0 Å². The molecule has 2 saturated carbocycles. The lowest BCUT2D eigenvalue weighted by atomic mass is 9.70. The number of aliphatic hydroxyl groups is 1. The molecule has 0 heterocycles. The minimum absolute atomic E-state index is 0.414. The molecule has 0 radical (unpaired) electrons. The van der Waals surface area contributed by atoms with Crippen LogP contribution >= 0.6 is 0 Å². The van der Waals surface area contributed by atoms with Crippen molar-refractivity contribution >= 4 is 0 Å². The molecule has 2 nitrogen and oxygen atoms in total. The maximum Gasteiger partial charge on any atom is 0.0862 e. The third kappa shape index (κ3) is 1.26. The fourth-order valence-electron chi connectivity index (χ4n) is 3.36. The number of nitriles is 1. The van der Waals surface area contributed by atoms with E-state index < -0.39 is 11.0 Å². The SMILES string of the molecule is CC1CCC(C#N)(C2(O)CCCC2)C1. The summed E-state index contributed by atoms with van der Waals surface area (Å²) in [5.74, 6) is 0.610. The molecule has 2 heteroatoms. The summed E-state index contributed by atoms with van der Waals surface area (Å²) in [4.78, 5) is 0. The van der Waals surface area contributed by atoms with Crippen LogP contribution in [-0.4, -0.2) is 10.7 Å². The van der Waals surface area contributed by atoms with Gasteiger partial charge in [-0.1, -0.05) is 19.8 Å². The second kappa shape index (κ2) is 3.24. The molecule has 0 aromatic heterocycles. The molecule has 2 fully saturated rings. The Morgan fingerprint density at radius 2 is 1.93 bits per heavy atom. The molecule has 1 N–H and O–H groups in total. The summed E-state index contributed by atoms with van der Waals surface area (Å²) < 4.78 is 0. The first-order valence-corrected chi connectivity index (χ1v) is 5.76. The molecular formula is C12H19NO. The van der Waals surface area contributed by atoms with Gasteiger partial charge in [-0.05, 0) is 38.0 Å². The molecule has 2 aliphatic carbocycles. The average molecular weight is 193 g/mol. The van der Waals surface area contributed by atoms with E-state index in [9.17, 15) is 10.4 Å². The van der Waals surface area contributed by atoms with E-state index in [1.807, 2.05) is 0 Å². The van der Waals surface area contributed by atoms with E-state index in [1.165, 1.54) is 0 Å². The van der Waals surface area contributed by atoms with Gasteiger partial charge in [-0.2, -0.15) is 5.26 Å². The van der Waals surface area contributed by atoms with E-state index in [2.05, 4.69) is 13.0 Å². The van der Waals surface area contributed by atoms with Gasteiger partial charge in [0.15, 0.2) is 0 Å². The van der Waals surface area contributed by atoms with Gasteiger partial charge in [0.2, 0.25) is 0 Å². The van der Waals surface area contributed by atoms with Crippen LogP contribution in [-0.2, 0) is 0 Å². The Balaban J connectivity index is 2.25. The predicted octanol–water partition coefficient (Wildman–Crippen LogP) is 2.62. The summed E-state index contributed by atoms with van der Waals surface area (Å²) in [5, 5.41) is 19.9. The van der Waals surface area contributed by atoms with Crippen molar-refractivity contribution in [2.75, 3.05) is 0 Å². The highest BCUT2D eigenvalue weighted by Crippen LogP contribution is 2.54. The lowest BCUT2D eigenvalue weighted by molar-refractivity contribution is -0.0482. The van der Waals surface area contributed by atoms with E-state index in [0.29, 0.717) is 5.92 Å². The molecule has 0 aromatic carbocycles. The molecule has 0 bridgehead atoms. The van der Waals surface area contributed by atoms with Crippen molar-refractivity contribution in [3.05, 3.63) is 0 Å². The third-order valence-corrected chi connectivity index (χ3v) is 4.30. The monoisotopic (exact) mass is 193 g/mol. The summed E-state index contributed by atoms with van der Waals surface area (Å²) in [5.41, 5.74) is -1.07. The van der Waals surface area contributed by atoms with Crippen LogP contribution in [0.2, 0.25) is 0 Å². The summed E-state index contributed by atoms with van der Waals surface area (Å²) in [7, 11) is 0. The van der Waals surface area contributed by atoms with Crippen LogP contribution in [0.15, 0.2) is 0 Å². The van der Waals surface area contributed by atoms with Crippen LogP contribution in [0.5, 0.6) is 0 Å². The van der Waals surface area contributed by atoms with Gasteiger partial charge in [0.05, 0.1) is 17.1 Å². The zero-order valence-electron chi connectivity index (χ0n) is 8.92. The van der Waals surface area contributed by atoms with Gasteiger partial charge in [0.25, 0.3) is 0 Å². The zero-order chi connectivity index (χ0) is 10.2. The highest BCUT2D eigenvalue weighted by atomic mass is 16.3. The van der Waals surface area contributed by atoms with Crippen LogP contribution in [0, 0.1) is 22.7 Å². The van der Waals surface area contributed by atoms with Gasteiger partial charge in [-0.15, -0.1) is 0 Å². The highest BCUT2D eigenvalue weighted by molar-refractivity contribution is 5.15. The minimum Gasteiger partial charge on any atom is -0.388 e. The molecule has 78 valence electrons. The van der Waals surface area contributed by atoms with Crippen LogP contribution in [0.3, 0.4) is 0 Å².